The molecule has 5 aromatic rings. The van der Waals surface area contributed by atoms with Crippen LogP contribution in [0.15, 0.2) is 103 Å². The number of anilines is 2. The van der Waals surface area contributed by atoms with Crippen molar-refractivity contribution in [2.75, 3.05) is 24.5 Å². The molecule has 0 atom stereocenters. The van der Waals surface area contributed by atoms with Gasteiger partial charge in [0, 0.05) is 23.5 Å². The van der Waals surface area contributed by atoms with E-state index in [1.165, 1.54) is 6.33 Å². The summed E-state index contributed by atoms with van der Waals surface area (Å²) < 4.78 is 0. The van der Waals surface area contributed by atoms with E-state index < -0.39 is 5.41 Å². The number of carbonyl (C=O) groups is 1. The van der Waals surface area contributed by atoms with E-state index >= 15 is 0 Å². The van der Waals surface area contributed by atoms with Crippen LogP contribution in [0.25, 0.3) is 11.0 Å². The number of aromatic nitrogens is 4. The van der Waals surface area contributed by atoms with Crippen LogP contribution in [0.3, 0.4) is 0 Å². The van der Waals surface area contributed by atoms with Crippen molar-refractivity contribution < 1.29 is 4.79 Å². The fourth-order valence-electron chi connectivity index (χ4n) is 5.29. The zero-order valence-corrected chi connectivity index (χ0v) is 22.4. The molecule has 200 valence electrons. The van der Waals surface area contributed by atoms with Crippen LogP contribution < -0.4 is 10.2 Å². The van der Waals surface area contributed by atoms with Gasteiger partial charge in [0.1, 0.15) is 17.8 Å². The Kier molecular flexibility index (Phi) is 7.16. The molecule has 0 unspecified atom stereocenters. The smallest absolute Gasteiger partial charge is 0.242 e. The van der Waals surface area contributed by atoms with E-state index in [9.17, 15) is 4.79 Å². The average Bonchev–Trinajstić information content (AvgIpc) is 3.50. The van der Waals surface area contributed by atoms with Crippen molar-refractivity contribution in [3.05, 3.63) is 114 Å². The van der Waals surface area contributed by atoms with Gasteiger partial charge in [-0.25, -0.2) is 19.9 Å². The summed E-state index contributed by atoms with van der Waals surface area (Å²) in [6.07, 6.45) is 6.37. The molecule has 1 aliphatic heterocycles. The van der Waals surface area contributed by atoms with Gasteiger partial charge >= 0.3 is 0 Å². The van der Waals surface area contributed by atoms with Crippen molar-refractivity contribution >= 4 is 34.3 Å². The minimum atomic E-state index is -0.750. The van der Waals surface area contributed by atoms with Crippen molar-refractivity contribution in [2.45, 2.75) is 19.8 Å². The molecule has 1 aliphatic rings. The van der Waals surface area contributed by atoms with Crippen LogP contribution in [-0.2, 0) is 4.79 Å². The Hall–Kier alpha value is -4.69. The topological polar surface area (TPSA) is 99.2 Å². The first kappa shape index (κ1) is 25.6. The van der Waals surface area contributed by atoms with E-state index in [4.69, 9.17) is 4.99 Å². The van der Waals surface area contributed by atoms with E-state index in [-0.39, 0.29) is 5.91 Å². The average molecular weight is 530 g/mol. The number of amides is 1. The van der Waals surface area contributed by atoms with Gasteiger partial charge in [-0.3, -0.25) is 9.79 Å². The fourth-order valence-corrected chi connectivity index (χ4v) is 5.29. The van der Waals surface area contributed by atoms with E-state index in [2.05, 4.69) is 49.5 Å². The van der Waals surface area contributed by atoms with Crippen LogP contribution in [-0.4, -0.2) is 51.2 Å². The predicted molar refractivity (Wildman–Crippen MR) is 158 cm³/mol. The molecular formula is C32H31N7O. The third-order valence-corrected chi connectivity index (χ3v) is 7.52. The number of aliphatic imine (C=N–C) groups is 1. The van der Waals surface area contributed by atoms with Crippen LogP contribution >= 0.6 is 0 Å². The van der Waals surface area contributed by atoms with Gasteiger partial charge in [-0.05, 0) is 50.6 Å². The molecule has 1 amide bonds. The molecule has 2 aromatic carbocycles. The Morgan fingerprint density at radius 2 is 1.60 bits per heavy atom. The number of piperidine rings is 1. The van der Waals surface area contributed by atoms with Gasteiger partial charge in [-0.15, -0.1) is 0 Å². The summed E-state index contributed by atoms with van der Waals surface area (Å²) in [5.41, 5.74) is 3.85. The van der Waals surface area contributed by atoms with Crippen LogP contribution in [0.4, 0.5) is 11.6 Å². The maximum Gasteiger partial charge on any atom is 0.242 e. The molecule has 8 nitrogen and oxygen atoms in total. The zero-order chi connectivity index (χ0) is 27.4. The fraction of sp³-hybridized carbons (Fsp3) is 0.219. The lowest BCUT2D eigenvalue weighted by Gasteiger charge is -2.38. The second kappa shape index (κ2) is 11.2. The summed E-state index contributed by atoms with van der Waals surface area (Å²) in [7, 11) is 0. The summed E-state index contributed by atoms with van der Waals surface area (Å²) >= 11 is 0. The van der Waals surface area contributed by atoms with Gasteiger partial charge in [0.15, 0.2) is 5.82 Å². The lowest BCUT2D eigenvalue weighted by Crippen LogP contribution is -2.50. The maximum atomic E-state index is 14.9. The Morgan fingerprint density at radius 3 is 2.25 bits per heavy atom. The summed E-state index contributed by atoms with van der Waals surface area (Å²) in [6, 6.07) is 26.1. The second-order valence-corrected chi connectivity index (χ2v) is 10.2. The van der Waals surface area contributed by atoms with E-state index in [1.54, 1.807) is 11.1 Å². The number of aryl methyl sites for hydroxylation is 1. The van der Waals surface area contributed by atoms with Crippen molar-refractivity contribution in [1.82, 2.24) is 25.3 Å². The molecule has 6 rings (SSSR count). The molecule has 8 heteroatoms. The number of hydrogen-bond acceptors (Lipinski definition) is 6. The largest absolute Gasteiger partial charge is 0.346 e. The highest BCUT2D eigenvalue weighted by Gasteiger charge is 2.44. The first-order valence-electron chi connectivity index (χ1n) is 13.6. The van der Waals surface area contributed by atoms with Crippen molar-refractivity contribution in [3.63, 3.8) is 0 Å². The standard InChI is InChI=1S/C32H31N7O/c1-23-12-13-27(35-20-23)39(30-26-14-17-34-29(26)37-22-38-30)31(40)32(15-18-33-19-16-32)21-36-28(24-8-4-2-5-9-24)25-10-6-3-7-11-25/h2-14,17,20,22,33H,15-16,18-19,21H2,1H3,(H,34,37,38). The number of pyridine rings is 1. The highest BCUT2D eigenvalue weighted by atomic mass is 16.2. The molecule has 3 aromatic heterocycles. The summed E-state index contributed by atoms with van der Waals surface area (Å²) in [5.74, 6) is 0.988. The number of hydrogen-bond donors (Lipinski definition) is 2. The van der Waals surface area contributed by atoms with Gasteiger partial charge < -0.3 is 10.3 Å². The summed E-state index contributed by atoms with van der Waals surface area (Å²) in [6.45, 7) is 3.78. The Labute approximate surface area is 233 Å². The Balaban J connectivity index is 1.47. The third-order valence-electron chi connectivity index (χ3n) is 7.52. The third kappa shape index (κ3) is 5.01. The highest BCUT2D eigenvalue weighted by molar-refractivity contribution is 6.13. The van der Waals surface area contributed by atoms with E-state index in [0.29, 0.717) is 36.7 Å². The molecule has 40 heavy (non-hydrogen) atoms. The number of benzene rings is 2. The minimum Gasteiger partial charge on any atom is -0.346 e. The quantitative estimate of drug-likeness (QED) is 0.281. The van der Waals surface area contributed by atoms with Crippen LogP contribution in [0.1, 0.15) is 29.5 Å². The van der Waals surface area contributed by atoms with E-state index in [1.807, 2.05) is 67.7 Å². The molecule has 0 aliphatic carbocycles. The lowest BCUT2D eigenvalue weighted by molar-refractivity contribution is -0.128. The molecular weight excluding hydrogens is 498 g/mol. The SMILES string of the molecule is Cc1ccc(N(C(=O)C2(CN=C(c3ccccc3)c3ccccc3)CCNCC2)c2ncnc3[nH]ccc23)nc1. The van der Waals surface area contributed by atoms with Crippen molar-refractivity contribution in [1.29, 1.82) is 0 Å². The van der Waals surface area contributed by atoms with Crippen LogP contribution in [0, 0.1) is 12.3 Å². The molecule has 2 N–H and O–H groups in total. The predicted octanol–water partition coefficient (Wildman–Crippen LogP) is 5.23. The number of nitrogens with zero attached hydrogens (tertiary/aromatic N) is 5. The minimum absolute atomic E-state index is 0.0595. The van der Waals surface area contributed by atoms with Gasteiger partial charge in [-0.2, -0.15) is 0 Å². The summed E-state index contributed by atoms with van der Waals surface area (Å²) in [4.78, 5) is 38.5. The monoisotopic (exact) mass is 529 g/mol. The molecule has 0 bridgehead atoms. The molecule has 0 radical (unpaired) electrons. The van der Waals surface area contributed by atoms with Crippen LogP contribution in [0.5, 0.6) is 0 Å². The molecule has 4 heterocycles. The molecule has 1 fully saturated rings. The lowest BCUT2D eigenvalue weighted by atomic mass is 9.77. The second-order valence-electron chi connectivity index (χ2n) is 10.2. The van der Waals surface area contributed by atoms with E-state index in [0.717, 1.165) is 40.9 Å². The van der Waals surface area contributed by atoms with Crippen molar-refractivity contribution in [2.24, 2.45) is 10.4 Å². The van der Waals surface area contributed by atoms with Gasteiger partial charge in [0.05, 0.1) is 23.1 Å². The Bertz CT molecular complexity index is 1580. The normalized spacial score (nSPS) is 14.5. The molecule has 1 saturated heterocycles. The van der Waals surface area contributed by atoms with Crippen LogP contribution in [0.2, 0.25) is 0 Å². The number of nitrogens with one attached hydrogen (secondary N) is 2. The number of fused-ring (bicyclic) bond motifs is 1. The van der Waals surface area contributed by atoms with Gasteiger partial charge in [0.25, 0.3) is 0 Å². The summed E-state index contributed by atoms with van der Waals surface area (Å²) in [5, 5.41) is 4.20. The molecule has 0 spiro atoms. The first-order valence-corrected chi connectivity index (χ1v) is 13.6. The zero-order valence-electron chi connectivity index (χ0n) is 22.4. The van der Waals surface area contributed by atoms with Gasteiger partial charge in [0.2, 0.25) is 5.91 Å². The number of carbonyl (C=O) groups excluding carboxylic acids is 1. The molecule has 0 saturated carbocycles. The van der Waals surface area contributed by atoms with Gasteiger partial charge in [-0.1, -0.05) is 66.7 Å². The highest BCUT2D eigenvalue weighted by Crippen LogP contribution is 2.38. The number of rotatable bonds is 7. The Morgan fingerprint density at radius 1 is 0.900 bits per heavy atom. The van der Waals surface area contributed by atoms with Crippen molar-refractivity contribution in [3.8, 4) is 0 Å². The number of H-pyrrole nitrogens is 1. The maximum absolute atomic E-state index is 14.9. The number of aromatic amines is 1. The first-order chi connectivity index (χ1) is 19.6.